The van der Waals surface area contributed by atoms with Gasteiger partial charge in [-0.3, -0.25) is 25.0 Å². The molecule has 1 saturated heterocycles. The van der Waals surface area contributed by atoms with Gasteiger partial charge in [-0.05, 0) is 59.5 Å². The molecule has 1 aliphatic rings. The maximum absolute atomic E-state index is 13.1. The number of nitro groups is 1. The summed E-state index contributed by atoms with van der Waals surface area (Å²) in [6, 6.07) is 19.0. The predicted molar refractivity (Wildman–Crippen MR) is 129 cm³/mol. The number of nitro benzene ring substituents is 1. The van der Waals surface area contributed by atoms with Gasteiger partial charge in [0, 0.05) is 12.1 Å². The second kappa shape index (κ2) is 10.0. The van der Waals surface area contributed by atoms with Crippen LogP contribution >= 0.6 is 0 Å². The Morgan fingerprint density at radius 2 is 1.66 bits per heavy atom. The van der Waals surface area contributed by atoms with E-state index < -0.39 is 22.8 Å². The Hall–Kier alpha value is -4.79. The fourth-order valence-electron chi connectivity index (χ4n) is 3.61. The number of hydrogen-bond donors (Lipinski definition) is 1. The number of aryl methyl sites for hydroxylation is 1. The number of carbonyl (C=O) groups is 3. The molecule has 4 amide bonds. The van der Waals surface area contributed by atoms with Crippen molar-refractivity contribution in [1.29, 1.82) is 0 Å². The van der Waals surface area contributed by atoms with Crippen LogP contribution in [0.3, 0.4) is 0 Å². The van der Waals surface area contributed by atoms with Gasteiger partial charge in [-0.1, -0.05) is 37.3 Å². The molecule has 9 heteroatoms. The number of non-ortho nitro benzene ring substituents is 1. The summed E-state index contributed by atoms with van der Waals surface area (Å²) in [5.74, 6) is -0.916. The van der Waals surface area contributed by atoms with Crippen molar-refractivity contribution in [2.75, 3.05) is 4.90 Å². The highest BCUT2D eigenvalue weighted by Gasteiger charge is 2.37. The Labute approximate surface area is 200 Å². The zero-order chi connectivity index (χ0) is 24.9. The normalized spacial score (nSPS) is 14.7. The topological polar surface area (TPSA) is 119 Å². The Morgan fingerprint density at radius 3 is 2.31 bits per heavy atom. The number of rotatable bonds is 7. The fourth-order valence-corrected chi connectivity index (χ4v) is 3.61. The lowest BCUT2D eigenvalue weighted by atomic mass is 10.0. The molecule has 35 heavy (non-hydrogen) atoms. The quantitative estimate of drug-likeness (QED) is 0.236. The third-order valence-corrected chi connectivity index (χ3v) is 5.46. The Bertz CT molecular complexity index is 1330. The molecule has 9 nitrogen and oxygen atoms in total. The number of imide groups is 2. The van der Waals surface area contributed by atoms with Crippen LogP contribution in [0.25, 0.3) is 6.08 Å². The Kier molecular flexibility index (Phi) is 6.68. The Balaban J connectivity index is 1.50. The molecular formula is C26H21N3O6. The number of barbiturate groups is 1. The van der Waals surface area contributed by atoms with Gasteiger partial charge in [0.05, 0.1) is 10.6 Å². The number of nitrogens with one attached hydrogen (secondary N) is 1. The van der Waals surface area contributed by atoms with Crippen LogP contribution in [-0.4, -0.2) is 22.8 Å². The molecule has 1 aliphatic heterocycles. The third kappa shape index (κ3) is 5.09. The minimum atomic E-state index is -0.784. The van der Waals surface area contributed by atoms with E-state index in [-0.39, 0.29) is 17.9 Å². The Morgan fingerprint density at radius 1 is 0.971 bits per heavy atom. The van der Waals surface area contributed by atoms with Crippen molar-refractivity contribution in [2.24, 2.45) is 0 Å². The van der Waals surface area contributed by atoms with Crippen molar-refractivity contribution in [1.82, 2.24) is 5.32 Å². The van der Waals surface area contributed by atoms with Gasteiger partial charge >= 0.3 is 6.03 Å². The first-order chi connectivity index (χ1) is 16.9. The highest BCUT2D eigenvalue weighted by atomic mass is 16.6. The van der Waals surface area contributed by atoms with E-state index in [9.17, 15) is 24.5 Å². The fraction of sp³-hybridized carbons (Fsp3) is 0.115. The summed E-state index contributed by atoms with van der Waals surface area (Å²) >= 11 is 0. The molecule has 0 radical (unpaired) electrons. The van der Waals surface area contributed by atoms with Crippen LogP contribution in [0, 0.1) is 10.1 Å². The van der Waals surface area contributed by atoms with Crippen molar-refractivity contribution in [2.45, 2.75) is 20.0 Å². The van der Waals surface area contributed by atoms with Crippen molar-refractivity contribution in [3.8, 4) is 5.75 Å². The zero-order valence-corrected chi connectivity index (χ0v) is 18.8. The average molecular weight is 471 g/mol. The van der Waals surface area contributed by atoms with E-state index >= 15 is 0 Å². The van der Waals surface area contributed by atoms with Crippen LogP contribution in [0.15, 0.2) is 78.4 Å². The smallest absolute Gasteiger partial charge is 0.335 e. The maximum atomic E-state index is 13.1. The van der Waals surface area contributed by atoms with E-state index in [4.69, 9.17) is 4.74 Å². The summed E-state index contributed by atoms with van der Waals surface area (Å²) in [5.41, 5.74) is 2.43. The van der Waals surface area contributed by atoms with Gasteiger partial charge in [0.1, 0.15) is 17.9 Å². The van der Waals surface area contributed by atoms with Gasteiger partial charge in [-0.15, -0.1) is 0 Å². The molecule has 0 aliphatic carbocycles. The lowest BCUT2D eigenvalue weighted by molar-refractivity contribution is -0.384. The van der Waals surface area contributed by atoms with Gasteiger partial charge in [0.25, 0.3) is 17.5 Å². The molecule has 0 spiro atoms. The largest absolute Gasteiger partial charge is 0.489 e. The average Bonchev–Trinajstić information content (AvgIpc) is 2.86. The minimum Gasteiger partial charge on any atom is -0.489 e. The zero-order valence-electron chi connectivity index (χ0n) is 18.8. The summed E-state index contributed by atoms with van der Waals surface area (Å²) < 4.78 is 5.70. The molecule has 4 rings (SSSR count). The summed E-state index contributed by atoms with van der Waals surface area (Å²) in [6.07, 6.45) is 2.04. The van der Waals surface area contributed by atoms with Crippen LogP contribution in [0.5, 0.6) is 5.75 Å². The van der Waals surface area contributed by atoms with Crippen LogP contribution < -0.4 is 15.0 Å². The lowest BCUT2D eigenvalue weighted by Gasteiger charge is -2.27. The summed E-state index contributed by atoms with van der Waals surface area (Å²) in [4.78, 5) is 49.3. The monoisotopic (exact) mass is 471 g/mol. The number of ether oxygens (including phenoxy) is 1. The number of benzene rings is 3. The van der Waals surface area contributed by atoms with E-state index in [1.807, 2.05) is 19.1 Å². The number of anilines is 1. The number of nitrogens with zero attached hydrogens (tertiary/aromatic N) is 2. The maximum Gasteiger partial charge on any atom is 0.335 e. The van der Waals surface area contributed by atoms with Gasteiger partial charge in [0.2, 0.25) is 0 Å². The molecular weight excluding hydrogens is 450 g/mol. The second-order valence-corrected chi connectivity index (χ2v) is 7.72. The molecule has 176 valence electrons. The number of urea groups is 1. The van der Waals surface area contributed by atoms with Crippen LogP contribution in [-0.2, 0) is 22.6 Å². The van der Waals surface area contributed by atoms with Gasteiger partial charge < -0.3 is 4.74 Å². The molecule has 0 saturated carbocycles. The van der Waals surface area contributed by atoms with E-state index in [1.54, 1.807) is 48.5 Å². The highest BCUT2D eigenvalue weighted by molar-refractivity contribution is 6.39. The van der Waals surface area contributed by atoms with Gasteiger partial charge in [0.15, 0.2) is 0 Å². The van der Waals surface area contributed by atoms with Crippen molar-refractivity contribution < 1.29 is 24.0 Å². The van der Waals surface area contributed by atoms with Crippen LogP contribution in [0.2, 0.25) is 0 Å². The molecule has 0 unspecified atom stereocenters. The van der Waals surface area contributed by atoms with Crippen molar-refractivity contribution >= 4 is 35.3 Å². The highest BCUT2D eigenvalue weighted by Crippen LogP contribution is 2.26. The first kappa shape index (κ1) is 23.4. The van der Waals surface area contributed by atoms with E-state index in [1.165, 1.54) is 18.2 Å². The van der Waals surface area contributed by atoms with Gasteiger partial charge in [-0.2, -0.15) is 0 Å². The van der Waals surface area contributed by atoms with Crippen molar-refractivity contribution in [3.63, 3.8) is 0 Å². The standard InChI is InChI=1S/C26H21N3O6/c1-2-19-5-3-4-6-23(19)28-25(31)22(24(30)27-26(28)32)15-17-9-13-21(14-10-17)35-16-18-7-11-20(12-8-18)29(33)34/h3-15H,2,16H2,1H3,(H,27,30,32)/b22-15-. The summed E-state index contributed by atoms with van der Waals surface area (Å²) in [7, 11) is 0. The molecule has 0 atom stereocenters. The second-order valence-electron chi connectivity index (χ2n) is 7.72. The molecule has 0 bridgehead atoms. The van der Waals surface area contributed by atoms with E-state index in [0.717, 1.165) is 16.0 Å². The molecule has 0 aromatic heterocycles. The lowest BCUT2D eigenvalue weighted by Crippen LogP contribution is -2.54. The number of amides is 4. The molecule has 1 N–H and O–H groups in total. The van der Waals surface area contributed by atoms with Gasteiger partial charge in [-0.25, -0.2) is 9.69 Å². The van der Waals surface area contributed by atoms with Crippen molar-refractivity contribution in [3.05, 3.63) is 105 Å². The van der Waals surface area contributed by atoms with E-state index in [2.05, 4.69) is 5.32 Å². The molecule has 1 heterocycles. The van der Waals surface area contributed by atoms with Crippen LogP contribution in [0.1, 0.15) is 23.6 Å². The molecule has 1 fully saturated rings. The summed E-state index contributed by atoms with van der Waals surface area (Å²) in [6.45, 7) is 2.13. The first-order valence-electron chi connectivity index (χ1n) is 10.8. The SMILES string of the molecule is CCc1ccccc1N1C(=O)NC(=O)/C(=C/c2ccc(OCc3ccc([N+](=O)[O-])cc3)cc2)C1=O. The third-order valence-electron chi connectivity index (χ3n) is 5.46. The predicted octanol–water partition coefficient (Wildman–Crippen LogP) is 4.40. The first-order valence-corrected chi connectivity index (χ1v) is 10.8. The van der Waals surface area contributed by atoms with Crippen LogP contribution in [0.4, 0.5) is 16.2 Å². The number of para-hydroxylation sites is 1. The molecule has 3 aromatic rings. The number of hydrogen-bond acceptors (Lipinski definition) is 6. The molecule has 3 aromatic carbocycles. The summed E-state index contributed by atoms with van der Waals surface area (Å²) in [5, 5.41) is 13.0. The minimum absolute atomic E-state index is 0.00545. The van der Waals surface area contributed by atoms with E-state index in [0.29, 0.717) is 23.4 Å². The number of carbonyl (C=O) groups excluding carboxylic acids is 3.